The third-order valence-electron chi connectivity index (χ3n) is 8.28. The summed E-state index contributed by atoms with van der Waals surface area (Å²) in [6.07, 6.45) is 7.15. The van der Waals surface area contributed by atoms with Crippen LogP contribution < -0.4 is 5.32 Å². The van der Waals surface area contributed by atoms with Crippen molar-refractivity contribution >= 4 is 11.6 Å². The van der Waals surface area contributed by atoms with Gasteiger partial charge in [-0.15, -0.1) is 0 Å². The van der Waals surface area contributed by atoms with Crippen LogP contribution in [0.2, 0.25) is 0 Å². The van der Waals surface area contributed by atoms with Crippen molar-refractivity contribution in [2.24, 2.45) is 17.8 Å². The molecule has 3 aromatic carbocycles. The average Bonchev–Trinajstić information content (AvgIpc) is 3.09. The molecule has 0 bridgehead atoms. The van der Waals surface area contributed by atoms with Gasteiger partial charge in [0.1, 0.15) is 5.82 Å². The maximum Gasteiger partial charge on any atom is 0.227 e. The van der Waals surface area contributed by atoms with E-state index >= 15 is 0 Å². The fourth-order valence-corrected chi connectivity index (χ4v) is 6.44. The standard InChI is InChI=1S/C33H40FNO/c1-4-28(33(36)35-32-23(2)12-10-13-24(32)3)30-19-9-8-18-29(26-15-6-5-7-16-26)31(30)21-20-25-14-11-17-27(34)22-25/h5-7,10-17,22,28-31H,4,8-9,18-21H2,1-3H3,(H,35,36). The molecule has 36 heavy (non-hydrogen) atoms. The first-order valence-corrected chi connectivity index (χ1v) is 13.6. The van der Waals surface area contributed by atoms with Gasteiger partial charge in [0.15, 0.2) is 0 Å². The molecule has 3 heteroatoms. The van der Waals surface area contributed by atoms with Crippen molar-refractivity contribution in [2.75, 3.05) is 5.32 Å². The van der Waals surface area contributed by atoms with Crippen LogP contribution in [0.5, 0.6) is 0 Å². The number of carbonyl (C=O) groups excluding carboxylic acids is 1. The Hall–Kier alpha value is -2.94. The first kappa shape index (κ1) is 26.1. The predicted octanol–water partition coefficient (Wildman–Crippen LogP) is 8.63. The summed E-state index contributed by atoms with van der Waals surface area (Å²) >= 11 is 0. The minimum absolute atomic E-state index is 0.0502. The van der Waals surface area contributed by atoms with Gasteiger partial charge in [0.05, 0.1) is 0 Å². The smallest absolute Gasteiger partial charge is 0.227 e. The highest BCUT2D eigenvalue weighted by Crippen LogP contribution is 2.46. The number of carbonyl (C=O) groups is 1. The van der Waals surface area contributed by atoms with Gasteiger partial charge in [-0.25, -0.2) is 4.39 Å². The number of nitrogens with one attached hydrogen (secondary N) is 1. The quantitative estimate of drug-likeness (QED) is 0.318. The first-order valence-electron chi connectivity index (χ1n) is 13.6. The Morgan fingerprint density at radius 2 is 1.64 bits per heavy atom. The maximum atomic E-state index is 13.9. The number of amides is 1. The summed E-state index contributed by atoms with van der Waals surface area (Å²) in [4.78, 5) is 13.8. The minimum atomic E-state index is -0.177. The molecule has 1 fully saturated rings. The third-order valence-corrected chi connectivity index (χ3v) is 8.28. The van der Waals surface area contributed by atoms with E-state index in [-0.39, 0.29) is 17.6 Å². The minimum Gasteiger partial charge on any atom is -0.325 e. The zero-order valence-electron chi connectivity index (χ0n) is 22.0. The van der Waals surface area contributed by atoms with Gasteiger partial charge in [0.2, 0.25) is 5.91 Å². The molecule has 1 aliphatic carbocycles. The molecule has 0 spiro atoms. The maximum absolute atomic E-state index is 13.9. The van der Waals surface area contributed by atoms with Gasteiger partial charge < -0.3 is 5.32 Å². The SMILES string of the molecule is CCC(C(=O)Nc1c(C)cccc1C)C1CCCCC(c2ccccc2)C1CCc1cccc(F)c1. The Labute approximate surface area is 216 Å². The molecule has 0 aromatic heterocycles. The lowest BCUT2D eigenvalue weighted by Gasteiger charge is -2.36. The Kier molecular flexibility index (Phi) is 8.96. The summed E-state index contributed by atoms with van der Waals surface area (Å²) in [5.41, 5.74) is 5.56. The monoisotopic (exact) mass is 485 g/mol. The molecule has 1 aliphatic rings. The Morgan fingerprint density at radius 3 is 2.33 bits per heavy atom. The number of hydrogen-bond donors (Lipinski definition) is 1. The van der Waals surface area contributed by atoms with Crippen molar-refractivity contribution in [3.05, 3.63) is 101 Å². The lowest BCUT2D eigenvalue weighted by Crippen LogP contribution is -2.35. The van der Waals surface area contributed by atoms with E-state index in [9.17, 15) is 9.18 Å². The summed E-state index contributed by atoms with van der Waals surface area (Å²) in [5, 5.41) is 3.32. The van der Waals surface area contributed by atoms with Gasteiger partial charge in [-0.2, -0.15) is 0 Å². The summed E-state index contributed by atoms with van der Waals surface area (Å²) in [6, 6.07) is 24.0. The normalized spacial score (nSPS) is 20.9. The van der Waals surface area contributed by atoms with Gasteiger partial charge in [0, 0.05) is 11.6 Å². The van der Waals surface area contributed by atoms with E-state index in [2.05, 4.69) is 68.6 Å². The molecule has 4 atom stereocenters. The lowest BCUT2D eigenvalue weighted by atomic mass is 9.68. The highest BCUT2D eigenvalue weighted by atomic mass is 19.1. The van der Waals surface area contributed by atoms with Crippen LogP contribution in [0, 0.1) is 37.4 Å². The highest BCUT2D eigenvalue weighted by molar-refractivity contribution is 5.94. The Bertz CT molecular complexity index is 1120. The highest BCUT2D eigenvalue weighted by Gasteiger charge is 2.39. The van der Waals surface area contributed by atoms with E-state index in [1.54, 1.807) is 12.1 Å². The van der Waals surface area contributed by atoms with Gasteiger partial charge in [-0.05, 0) is 98.1 Å². The van der Waals surface area contributed by atoms with E-state index < -0.39 is 0 Å². The van der Waals surface area contributed by atoms with Gasteiger partial charge in [-0.3, -0.25) is 4.79 Å². The molecule has 1 N–H and O–H groups in total. The van der Waals surface area contributed by atoms with E-state index in [0.29, 0.717) is 17.8 Å². The molecule has 4 unspecified atom stereocenters. The van der Waals surface area contributed by atoms with Crippen molar-refractivity contribution in [1.82, 2.24) is 0 Å². The number of para-hydroxylation sites is 1. The van der Waals surface area contributed by atoms with Gasteiger partial charge in [0.25, 0.3) is 0 Å². The van der Waals surface area contributed by atoms with Crippen LogP contribution in [0.3, 0.4) is 0 Å². The molecule has 0 radical (unpaired) electrons. The molecule has 1 amide bonds. The molecular weight excluding hydrogens is 445 g/mol. The van der Waals surface area contributed by atoms with E-state index in [0.717, 1.165) is 60.9 Å². The van der Waals surface area contributed by atoms with E-state index in [1.807, 2.05) is 12.1 Å². The number of halogens is 1. The summed E-state index contributed by atoms with van der Waals surface area (Å²) in [6.45, 7) is 6.27. The van der Waals surface area contributed by atoms with Crippen molar-refractivity contribution in [3.8, 4) is 0 Å². The summed E-state index contributed by atoms with van der Waals surface area (Å²) in [5.74, 6) is 0.987. The molecule has 0 heterocycles. The van der Waals surface area contributed by atoms with Crippen LogP contribution in [0.15, 0.2) is 72.8 Å². The second-order valence-corrected chi connectivity index (χ2v) is 10.6. The Morgan fingerprint density at radius 1 is 0.944 bits per heavy atom. The van der Waals surface area contributed by atoms with Crippen molar-refractivity contribution < 1.29 is 9.18 Å². The molecular formula is C33H40FNO. The second kappa shape index (κ2) is 12.3. The summed E-state index contributed by atoms with van der Waals surface area (Å²) in [7, 11) is 0. The second-order valence-electron chi connectivity index (χ2n) is 10.6. The molecule has 3 aromatic rings. The average molecular weight is 486 g/mol. The molecule has 2 nitrogen and oxygen atoms in total. The first-order chi connectivity index (χ1) is 17.5. The zero-order valence-corrected chi connectivity index (χ0v) is 22.0. The van der Waals surface area contributed by atoms with Gasteiger partial charge >= 0.3 is 0 Å². The van der Waals surface area contributed by atoms with Crippen LogP contribution in [0.1, 0.15) is 73.6 Å². The largest absolute Gasteiger partial charge is 0.325 e. The fourth-order valence-electron chi connectivity index (χ4n) is 6.44. The number of aryl methyl sites for hydroxylation is 3. The number of hydrogen-bond acceptors (Lipinski definition) is 1. The van der Waals surface area contributed by atoms with Crippen molar-refractivity contribution in [2.45, 2.75) is 71.6 Å². The van der Waals surface area contributed by atoms with E-state index in [1.165, 1.54) is 18.1 Å². The van der Waals surface area contributed by atoms with Crippen LogP contribution in [-0.4, -0.2) is 5.91 Å². The number of benzene rings is 3. The van der Waals surface area contributed by atoms with Crippen molar-refractivity contribution in [3.63, 3.8) is 0 Å². The number of rotatable bonds is 8. The van der Waals surface area contributed by atoms with Crippen LogP contribution in [-0.2, 0) is 11.2 Å². The van der Waals surface area contributed by atoms with E-state index in [4.69, 9.17) is 0 Å². The zero-order chi connectivity index (χ0) is 25.5. The fraction of sp³-hybridized carbons (Fsp3) is 0.424. The summed E-state index contributed by atoms with van der Waals surface area (Å²) < 4.78 is 13.9. The predicted molar refractivity (Wildman–Crippen MR) is 148 cm³/mol. The third kappa shape index (κ3) is 6.24. The molecule has 190 valence electrons. The lowest BCUT2D eigenvalue weighted by molar-refractivity contribution is -0.122. The number of anilines is 1. The molecule has 0 saturated heterocycles. The Balaban J connectivity index is 1.64. The molecule has 4 rings (SSSR count). The van der Waals surface area contributed by atoms with Crippen LogP contribution in [0.25, 0.3) is 0 Å². The van der Waals surface area contributed by atoms with Crippen molar-refractivity contribution in [1.29, 1.82) is 0 Å². The van der Waals surface area contributed by atoms with Crippen LogP contribution >= 0.6 is 0 Å². The molecule has 0 aliphatic heterocycles. The van der Waals surface area contributed by atoms with Gasteiger partial charge in [-0.1, -0.05) is 80.4 Å². The topological polar surface area (TPSA) is 29.1 Å². The van der Waals surface area contributed by atoms with Crippen LogP contribution in [0.4, 0.5) is 10.1 Å². The molecule has 1 saturated carbocycles.